The molecular weight excluding hydrogens is 308 g/mol. The van der Waals surface area contributed by atoms with E-state index >= 15 is 0 Å². The average Bonchev–Trinajstić information content (AvgIpc) is 3.06. The quantitative estimate of drug-likeness (QED) is 0.826. The third-order valence-corrected chi connectivity index (χ3v) is 4.10. The van der Waals surface area contributed by atoms with Gasteiger partial charge in [0, 0.05) is 31.7 Å². The molecule has 2 aromatic rings. The molecule has 8 nitrogen and oxygen atoms in total. The lowest BCUT2D eigenvalue weighted by atomic mass is 10.1. The summed E-state index contributed by atoms with van der Waals surface area (Å²) in [5.74, 6) is -1.09. The number of nitrogens with zero attached hydrogens (tertiary/aromatic N) is 5. The Morgan fingerprint density at radius 2 is 2.04 bits per heavy atom. The Labute approximate surface area is 139 Å². The van der Waals surface area contributed by atoms with Gasteiger partial charge in [-0.05, 0) is 25.3 Å². The van der Waals surface area contributed by atoms with E-state index in [1.165, 1.54) is 0 Å². The molecule has 2 aromatic heterocycles. The Morgan fingerprint density at radius 3 is 2.67 bits per heavy atom. The molecule has 8 heteroatoms. The van der Waals surface area contributed by atoms with Crippen LogP contribution in [0.4, 0.5) is 0 Å². The van der Waals surface area contributed by atoms with Gasteiger partial charge < -0.3 is 10.2 Å². The maximum absolute atomic E-state index is 12.2. The van der Waals surface area contributed by atoms with Crippen LogP contribution in [0.15, 0.2) is 31.0 Å². The molecule has 0 aromatic carbocycles. The molecule has 1 fully saturated rings. The maximum Gasteiger partial charge on any atom is 0.311 e. The minimum absolute atomic E-state index is 0.196. The van der Waals surface area contributed by atoms with Gasteiger partial charge in [-0.25, -0.2) is 0 Å². The zero-order valence-electron chi connectivity index (χ0n) is 13.6. The van der Waals surface area contributed by atoms with Crippen molar-refractivity contribution in [1.82, 2.24) is 30.0 Å². The molecule has 126 valence electrons. The van der Waals surface area contributed by atoms with Crippen LogP contribution in [0.5, 0.6) is 0 Å². The molecule has 0 aliphatic carbocycles. The van der Waals surface area contributed by atoms with Crippen LogP contribution in [-0.4, -0.2) is 49.6 Å². The fourth-order valence-electron chi connectivity index (χ4n) is 2.78. The molecule has 0 bridgehead atoms. The zero-order chi connectivity index (χ0) is 16.9. The van der Waals surface area contributed by atoms with Gasteiger partial charge in [-0.15, -0.1) is 0 Å². The number of aromatic nitrogens is 4. The normalized spacial score (nSPS) is 15.3. The van der Waals surface area contributed by atoms with Crippen molar-refractivity contribution in [3.63, 3.8) is 0 Å². The number of carbonyl (C=O) groups is 2. The van der Waals surface area contributed by atoms with E-state index in [9.17, 15) is 9.59 Å². The first-order chi connectivity index (χ1) is 11.6. The molecule has 3 rings (SSSR count). The molecule has 1 saturated heterocycles. The fourth-order valence-corrected chi connectivity index (χ4v) is 2.78. The van der Waals surface area contributed by atoms with Crippen LogP contribution in [0.1, 0.15) is 30.1 Å². The first-order valence-electron chi connectivity index (χ1n) is 7.96. The van der Waals surface area contributed by atoms with Crippen molar-refractivity contribution < 1.29 is 9.59 Å². The van der Waals surface area contributed by atoms with Crippen molar-refractivity contribution in [1.29, 1.82) is 0 Å². The van der Waals surface area contributed by atoms with Gasteiger partial charge in [-0.3, -0.25) is 24.2 Å². The van der Waals surface area contributed by atoms with E-state index in [1.807, 2.05) is 24.0 Å². The van der Waals surface area contributed by atoms with Gasteiger partial charge in [0.2, 0.25) is 0 Å². The summed E-state index contributed by atoms with van der Waals surface area (Å²) >= 11 is 0. The Bertz CT molecular complexity index is 706. The van der Waals surface area contributed by atoms with E-state index in [1.54, 1.807) is 23.5 Å². The summed E-state index contributed by atoms with van der Waals surface area (Å²) in [6.45, 7) is 3.31. The number of hydrogen-bond acceptors (Lipinski definition) is 5. The zero-order valence-corrected chi connectivity index (χ0v) is 13.6. The molecule has 0 saturated carbocycles. The molecular formula is C16H20N6O2. The average molecular weight is 328 g/mol. The number of rotatable bonds is 3. The number of carbonyl (C=O) groups excluding carboxylic acids is 2. The van der Waals surface area contributed by atoms with Gasteiger partial charge in [0.1, 0.15) is 0 Å². The lowest BCUT2D eigenvalue weighted by molar-refractivity contribution is -0.146. The summed E-state index contributed by atoms with van der Waals surface area (Å²) in [7, 11) is 0. The molecule has 3 heterocycles. The highest BCUT2D eigenvalue weighted by Crippen LogP contribution is 2.22. The summed E-state index contributed by atoms with van der Waals surface area (Å²) in [5.41, 5.74) is 1.74. The largest absolute Gasteiger partial charge is 0.342 e. The predicted octanol–water partition coefficient (Wildman–Crippen LogP) is 0.461. The summed E-state index contributed by atoms with van der Waals surface area (Å²) in [5, 5.41) is 6.92. The van der Waals surface area contributed by atoms with Crippen molar-refractivity contribution in [2.24, 2.45) is 0 Å². The lowest BCUT2D eigenvalue weighted by Gasteiger charge is -2.31. The third kappa shape index (κ3) is 3.76. The number of piperidine rings is 1. The Kier molecular flexibility index (Phi) is 4.83. The number of amides is 2. The summed E-state index contributed by atoms with van der Waals surface area (Å²) < 4.78 is 1.95. The van der Waals surface area contributed by atoms with Gasteiger partial charge in [-0.1, -0.05) is 0 Å². The van der Waals surface area contributed by atoms with E-state index in [0.717, 1.165) is 18.4 Å². The third-order valence-electron chi connectivity index (χ3n) is 4.10. The molecule has 1 N–H and O–H groups in total. The summed E-state index contributed by atoms with van der Waals surface area (Å²) in [6, 6.07) is 0.283. The standard InChI is InChI=1S/C16H20N6O2/c1-12-8-20-22(11-12)14-2-6-21(7-3-14)16(24)15(23)19-10-13-9-17-4-5-18-13/h4-5,8-9,11,14H,2-3,6-7,10H2,1H3,(H,19,23). The molecule has 0 atom stereocenters. The smallest absolute Gasteiger partial charge is 0.311 e. The first kappa shape index (κ1) is 16.1. The van der Waals surface area contributed by atoms with Crippen LogP contribution in [0, 0.1) is 6.92 Å². The van der Waals surface area contributed by atoms with Crippen LogP contribution >= 0.6 is 0 Å². The van der Waals surface area contributed by atoms with Crippen LogP contribution in [0.25, 0.3) is 0 Å². The van der Waals surface area contributed by atoms with Gasteiger partial charge >= 0.3 is 11.8 Å². The molecule has 24 heavy (non-hydrogen) atoms. The second-order valence-electron chi connectivity index (χ2n) is 5.90. The SMILES string of the molecule is Cc1cnn(C2CCN(C(=O)C(=O)NCc3cnccn3)CC2)c1. The molecule has 0 spiro atoms. The monoisotopic (exact) mass is 328 g/mol. The van der Waals surface area contributed by atoms with Crippen LogP contribution in [-0.2, 0) is 16.1 Å². The molecule has 1 aliphatic heterocycles. The number of aryl methyl sites for hydroxylation is 1. The highest BCUT2D eigenvalue weighted by atomic mass is 16.2. The van der Waals surface area contributed by atoms with Gasteiger partial charge in [0.05, 0.1) is 30.7 Å². The van der Waals surface area contributed by atoms with Gasteiger partial charge in [0.25, 0.3) is 0 Å². The highest BCUT2D eigenvalue weighted by molar-refractivity contribution is 6.34. The Hall–Kier alpha value is -2.77. The maximum atomic E-state index is 12.2. The lowest BCUT2D eigenvalue weighted by Crippen LogP contribution is -2.46. The second-order valence-corrected chi connectivity index (χ2v) is 5.90. The van der Waals surface area contributed by atoms with Crippen molar-refractivity contribution in [2.45, 2.75) is 32.4 Å². The topological polar surface area (TPSA) is 93.0 Å². The first-order valence-corrected chi connectivity index (χ1v) is 7.96. The minimum Gasteiger partial charge on any atom is -0.342 e. The minimum atomic E-state index is -0.603. The fraction of sp³-hybridized carbons (Fsp3) is 0.438. The number of nitrogens with one attached hydrogen (secondary N) is 1. The van der Waals surface area contributed by atoms with Gasteiger partial charge in [-0.2, -0.15) is 5.10 Å². The van der Waals surface area contributed by atoms with Crippen LogP contribution in [0.3, 0.4) is 0 Å². The molecule has 1 aliphatic rings. The highest BCUT2D eigenvalue weighted by Gasteiger charge is 2.27. The van der Waals surface area contributed by atoms with E-state index in [0.29, 0.717) is 18.8 Å². The predicted molar refractivity (Wildman–Crippen MR) is 85.7 cm³/mol. The summed E-state index contributed by atoms with van der Waals surface area (Å²) in [6.07, 6.45) is 10.1. The van der Waals surface area contributed by atoms with Gasteiger partial charge in [0.15, 0.2) is 0 Å². The molecule has 2 amide bonds. The van der Waals surface area contributed by atoms with Crippen LogP contribution in [0.2, 0.25) is 0 Å². The van der Waals surface area contributed by atoms with E-state index < -0.39 is 11.8 Å². The van der Waals surface area contributed by atoms with E-state index in [2.05, 4.69) is 20.4 Å². The second kappa shape index (κ2) is 7.20. The van der Waals surface area contributed by atoms with Crippen molar-refractivity contribution in [3.8, 4) is 0 Å². The number of likely N-dealkylation sites (tertiary alicyclic amines) is 1. The Morgan fingerprint density at radius 1 is 1.25 bits per heavy atom. The van der Waals surface area contributed by atoms with Crippen molar-refractivity contribution in [2.75, 3.05) is 13.1 Å². The van der Waals surface area contributed by atoms with E-state index in [4.69, 9.17) is 0 Å². The number of hydrogen-bond donors (Lipinski definition) is 1. The Balaban J connectivity index is 1.48. The molecule has 0 unspecified atom stereocenters. The van der Waals surface area contributed by atoms with Crippen molar-refractivity contribution >= 4 is 11.8 Å². The van der Waals surface area contributed by atoms with Crippen LogP contribution < -0.4 is 5.32 Å². The molecule has 0 radical (unpaired) electrons. The summed E-state index contributed by atoms with van der Waals surface area (Å²) in [4.78, 5) is 33.8. The van der Waals surface area contributed by atoms with Crippen molar-refractivity contribution in [3.05, 3.63) is 42.2 Å². The van der Waals surface area contributed by atoms with E-state index in [-0.39, 0.29) is 12.6 Å².